The van der Waals surface area contributed by atoms with Gasteiger partial charge in [-0.05, 0) is 37.6 Å². The maximum atomic E-state index is 12.4. The molecule has 0 aliphatic rings. The van der Waals surface area contributed by atoms with Crippen LogP contribution in [0.4, 0.5) is 5.69 Å². The highest BCUT2D eigenvalue weighted by molar-refractivity contribution is 5.78. The number of aromatic hydroxyl groups is 1. The van der Waals surface area contributed by atoms with Gasteiger partial charge >= 0.3 is 0 Å². The van der Waals surface area contributed by atoms with Gasteiger partial charge in [-0.15, -0.1) is 0 Å². The normalized spacial score (nSPS) is 10.8. The summed E-state index contributed by atoms with van der Waals surface area (Å²) in [5.74, 6) is 0.0804. The Morgan fingerprint density at radius 3 is 2.73 bits per heavy atom. The highest BCUT2D eigenvalue weighted by Crippen LogP contribution is 2.19. The van der Waals surface area contributed by atoms with Gasteiger partial charge in [0, 0.05) is 18.3 Å². The number of rotatable bonds is 3. The molecule has 3 rings (SSSR count). The van der Waals surface area contributed by atoms with E-state index in [9.17, 15) is 9.90 Å². The monoisotopic (exact) mass is 295 g/mol. The van der Waals surface area contributed by atoms with Crippen LogP contribution in [-0.4, -0.2) is 5.11 Å². The number of hydrogen-bond acceptors (Lipinski definition) is 4. The molecule has 4 heteroatoms. The van der Waals surface area contributed by atoms with Crippen molar-refractivity contribution in [2.45, 2.75) is 20.4 Å². The van der Waals surface area contributed by atoms with E-state index in [-0.39, 0.29) is 11.2 Å². The predicted molar refractivity (Wildman–Crippen MR) is 87.4 cm³/mol. The first-order chi connectivity index (χ1) is 10.5. The maximum absolute atomic E-state index is 12.4. The SMILES string of the molecule is Cc1ccc(NCc2coc3cc(O)ccc3c2=O)c(C)c1. The minimum Gasteiger partial charge on any atom is -0.508 e. The van der Waals surface area contributed by atoms with Gasteiger partial charge in [0.2, 0.25) is 0 Å². The molecule has 0 radical (unpaired) electrons. The summed E-state index contributed by atoms with van der Waals surface area (Å²) in [5.41, 5.74) is 4.19. The second-order valence-electron chi connectivity index (χ2n) is 5.44. The lowest BCUT2D eigenvalue weighted by molar-refractivity contribution is 0.474. The highest BCUT2D eigenvalue weighted by atomic mass is 16.3. The van der Waals surface area contributed by atoms with E-state index in [0.717, 1.165) is 11.3 Å². The topological polar surface area (TPSA) is 62.5 Å². The fourth-order valence-electron chi connectivity index (χ4n) is 2.48. The molecule has 0 saturated carbocycles. The molecule has 4 nitrogen and oxygen atoms in total. The van der Waals surface area contributed by atoms with Crippen LogP contribution in [-0.2, 0) is 6.54 Å². The van der Waals surface area contributed by atoms with Crippen LogP contribution in [0.3, 0.4) is 0 Å². The van der Waals surface area contributed by atoms with Gasteiger partial charge in [0.15, 0.2) is 5.43 Å². The van der Waals surface area contributed by atoms with Crippen LogP contribution in [0, 0.1) is 13.8 Å². The number of phenols is 1. The fraction of sp³-hybridized carbons (Fsp3) is 0.167. The molecule has 0 aliphatic heterocycles. The number of hydrogen-bond donors (Lipinski definition) is 2. The Labute approximate surface area is 128 Å². The van der Waals surface area contributed by atoms with E-state index < -0.39 is 0 Å². The summed E-state index contributed by atoms with van der Waals surface area (Å²) >= 11 is 0. The van der Waals surface area contributed by atoms with Crippen molar-refractivity contribution in [3.8, 4) is 5.75 Å². The standard InChI is InChI=1S/C18H17NO3/c1-11-3-6-16(12(2)7-11)19-9-13-10-22-17-8-14(20)4-5-15(17)18(13)21/h3-8,10,19-20H,9H2,1-2H3. The first-order valence-corrected chi connectivity index (χ1v) is 7.09. The van der Waals surface area contributed by atoms with Crippen molar-refractivity contribution in [1.82, 2.24) is 0 Å². The maximum Gasteiger partial charge on any atom is 0.197 e. The predicted octanol–water partition coefficient (Wildman–Crippen LogP) is 3.73. The third-order valence-corrected chi connectivity index (χ3v) is 3.68. The average Bonchev–Trinajstić information content (AvgIpc) is 2.48. The van der Waals surface area contributed by atoms with Crippen molar-refractivity contribution < 1.29 is 9.52 Å². The third kappa shape index (κ3) is 2.68. The first kappa shape index (κ1) is 14.2. The van der Waals surface area contributed by atoms with Crippen LogP contribution in [0.2, 0.25) is 0 Å². The van der Waals surface area contributed by atoms with Gasteiger partial charge in [-0.2, -0.15) is 0 Å². The van der Waals surface area contributed by atoms with Crippen molar-refractivity contribution in [2.24, 2.45) is 0 Å². The lowest BCUT2D eigenvalue weighted by atomic mass is 10.1. The van der Waals surface area contributed by atoms with E-state index in [0.29, 0.717) is 23.1 Å². The largest absolute Gasteiger partial charge is 0.508 e. The first-order valence-electron chi connectivity index (χ1n) is 7.09. The lowest BCUT2D eigenvalue weighted by Gasteiger charge is -2.10. The molecule has 0 amide bonds. The second-order valence-corrected chi connectivity index (χ2v) is 5.44. The molecule has 112 valence electrons. The minimum atomic E-state index is -0.0847. The Balaban J connectivity index is 1.89. The van der Waals surface area contributed by atoms with Gasteiger partial charge < -0.3 is 14.8 Å². The second kappa shape index (κ2) is 5.56. The van der Waals surface area contributed by atoms with Gasteiger partial charge in [0.25, 0.3) is 0 Å². The molecule has 0 fully saturated rings. The minimum absolute atomic E-state index is 0.0804. The Hall–Kier alpha value is -2.75. The summed E-state index contributed by atoms with van der Waals surface area (Å²) < 4.78 is 5.44. The number of aryl methyl sites for hydroxylation is 2. The molecule has 1 heterocycles. The van der Waals surface area contributed by atoms with Crippen molar-refractivity contribution in [3.63, 3.8) is 0 Å². The zero-order valence-electron chi connectivity index (χ0n) is 12.5. The average molecular weight is 295 g/mol. The third-order valence-electron chi connectivity index (χ3n) is 3.68. The molecule has 1 aromatic heterocycles. The number of anilines is 1. The van der Waals surface area contributed by atoms with Crippen LogP contribution in [0.5, 0.6) is 5.75 Å². The molecule has 3 aromatic rings. The molecule has 0 saturated heterocycles. The molecule has 0 atom stereocenters. The Morgan fingerprint density at radius 1 is 1.14 bits per heavy atom. The fourth-order valence-corrected chi connectivity index (χ4v) is 2.48. The summed E-state index contributed by atoms with van der Waals surface area (Å²) in [7, 11) is 0. The molecule has 2 aromatic carbocycles. The van der Waals surface area contributed by atoms with Crippen LogP contribution >= 0.6 is 0 Å². The smallest absolute Gasteiger partial charge is 0.197 e. The molecule has 0 aliphatic carbocycles. The number of phenolic OH excluding ortho intramolecular Hbond substituents is 1. The summed E-state index contributed by atoms with van der Waals surface area (Å²) in [6, 6.07) is 10.6. The van der Waals surface area contributed by atoms with Gasteiger partial charge in [-0.3, -0.25) is 4.79 Å². The van der Waals surface area contributed by atoms with Crippen molar-refractivity contribution in [3.05, 3.63) is 69.6 Å². The summed E-state index contributed by atoms with van der Waals surface area (Å²) in [6.07, 6.45) is 1.45. The van der Waals surface area contributed by atoms with Gasteiger partial charge in [0.1, 0.15) is 11.3 Å². The highest BCUT2D eigenvalue weighted by Gasteiger charge is 2.08. The van der Waals surface area contributed by atoms with Crippen molar-refractivity contribution in [1.29, 1.82) is 0 Å². The molecular weight excluding hydrogens is 278 g/mol. The lowest BCUT2D eigenvalue weighted by Crippen LogP contribution is -2.13. The zero-order chi connectivity index (χ0) is 15.7. The van der Waals surface area contributed by atoms with E-state index in [1.54, 1.807) is 6.07 Å². The van der Waals surface area contributed by atoms with Crippen LogP contribution in [0.15, 0.2) is 51.9 Å². The molecule has 0 unspecified atom stereocenters. The number of nitrogens with one attached hydrogen (secondary N) is 1. The number of fused-ring (bicyclic) bond motifs is 1. The van der Waals surface area contributed by atoms with Crippen LogP contribution < -0.4 is 10.7 Å². The summed E-state index contributed by atoms with van der Waals surface area (Å²) in [5, 5.41) is 13.2. The molecule has 0 bridgehead atoms. The summed E-state index contributed by atoms with van der Waals surface area (Å²) in [4.78, 5) is 12.4. The van der Waals surface area contributed by atoms with E-state index in [1.165, 1.54) is 24.0 Å². The van der Waals surface area contributed by atoms with E-state index in [1.807, 2.05) is 26.0 Å². The van der Waals surface area contributed by atoms with Gasteiger partial charge in [0.05, 0.1) is 17.2 Å². The van der Waals surface area contributed by atoms with Gasteiger partial charge in [-0.25, -0.2) is 0 Å². The molecule has 0 spiro atoms. The number of benzene rings is 2. The molecular formula is C18H17NO3. The molecule has 2 N–H and O–H groups in total. The van der Waals surface area contributed by atoms with E-state index in [2.05, 4.69) is 11.4 Å². The van der Waals surface area contributed by atoms with Gasteiger partial charge in [-0.1, -0.05) is 17.7 Å². The summed E-state index contributed by atoms with van der Waals surface area (Å²) in [6.45, 7) is 4.47. The Bertz CT molecular complexity index is 896. The van der Waals surface area contributed by atoms with Crippen molar-refractivity contribution in [2.75, 3.05) is 5.32 Å². The van der Waals surface area contributed by atoms with Crippen LogP contribution in [0.1, 0.15) is 16.7 Å². The van der Waals surface area contributed by atoms with E-state index >= 15 is 0 Å². The Kier molecular flexibility index (Phi) is 3.59. The van der Waals surface area contributed by atoms with Crippen molar-refractivity contribution >= 4 is 16.7 Å². The zero-order valence-corrected chi connectivity index (χ0v) is 12.5. The quantitative estimate of drug-likeness (QED) is 0.773. The van der Waals surface area contributed by atoms with E-state index in [4.69, 9.17) is 4.42 Å². The Morgan fingerprint density at radius 2 is 1.95 bits per heavy atom. The van der Waals surface area contributed by atoms with Crippen LogP contribution in [0.25, 0.3) is 11.0 Å². The molecule has 22 heavy (non-hydrogen) atoms.